The summed E-state index contributed by atoms with van der Waals surface area (Å²) in [5.41, 5.74) is 6.69. The Hall–Kier alpha value is -2.67. The van der Waals surface area contributed by atoms with Gasteiger partial charge in [-0.05, 0) is 49.9 Å². The molecule has 7 heteroatoms. The summed E-state index contributed by atoms with van der Waals surface area (Å²) < 4.78 is 1.45. The number of carbonyl (C=O) groups is 2. The van der Waals surface area contributed by atoms with Gasteiger partial charge in [0.25, 0.3) is 11.8 Å². The lowest BCUT2D eigenvalue weighted by Gasteiger charge is -2.19. The number of fused-ring (bicyclic) bond motifs is 1. The number of nitrogens with two attached hydrogens (primary N) is 1. The van der Waals surface area contributed by atoms with Crippen molar-refractivity contribution in [2.75, 3.05) is 26.2 Å². The second kappa shape index (κ2) is 6.92. The van der Waals surface area contributed by atoms with Gasteiger partial charge in [-0.1, -0.05) is 18.2 Å². The maximum Gasteiger partial charge on any atom is 0.274 e. The average Bonchev–Trinajstić information content (AvgIpc) is 3.25. The lowest BCUT2D eigenvalue weighted by molar-refractivity contribution is 0.0752. The Morgan fingerprint density at radius 1 is 1.08 bits per heavy atom. The van der Waals surface area contributed by atoms with Crippen molar-refractivity contribution in [1.82, 2.24) is 20.0 Å². The molecule has 2 aliphatic rings. The summed E-state index contributed by atoms with van der Waals surface area (Å²) in [7, 11) is 0. The minimum Gasteiger partial charge on any atom is -0.364 e. The van der Waals surface area contributed by atoms with Crippen LogP contribution in [0.1, 0.15) is 33.8 Å². The molecule has 2 saturated heterocycles. The third-order valence-electron chi connectivity index (χ3n) is 5.49. The van der Waals surface area contributed by atoms with Crippen LogP contribution in [0.5, 0.6) is 0 Å². The molecule has 2 fully saturated rings. The number of likely N-dealkylation sites (tertiary alicyclic amines) is 1. The van der Waals surface area contributed by atoms with Crippen molar-refractivity contribution in [3.63, 3.8) is 0 Å². The first-order valence-electron chi connectivity index (χ1n) is 9.09. The van der Waals surface area contributed by atoms with E-state index >= 15 is 0 Å². The largest absolute Gasteiger partial charge is 0.364 e. The number of hydrogen-bond acceptors (Lipinski definition) is 4. The van der Waals surface area contributed by atoms with Gasteiger partial charge in [0, 0.05) is 19.2 Å². The highest BCUT2D eigenvalue weighted by Gasteiger charge is 2.32. The molecule has 136 valence electrons. The van der Waals surface area contributed by atoms with E-state index in [1.807, 2.05) is 35.2 Å². The maximum atomic E-state index is 13.0. The van der Waals surface area contributed by atoms with Crippen LogP contribution in [0.15, 0.2) is 36.4 Å². The Kier molecular flexibility index (Phi) is 4.46. The molecule has 2 aromatic rings. The summed E-state index contributed by atoms with van der Waals surface area (Å²) >= 11 is 0. The molecular formula is C19H23N5O2. The topological polar surface area (TPSA) is 93.2 Å². The Morgan fingerprint density at radius 2 is 1.73 bits per heavy atom. The average molecular weight is 353 g/mol. The smallest absolute Gasteiger partial charge is 0.274 e. The van der Waals surface area contributed by atoms with E-state index in [1.165, 1.54) is 10.7 Å². The van der Waals surface area contributed by atoms with Crippen LogP contribution in [-0.4, -0.2) is 52.7 Å². The van der Waals surface area contributed by atoms with Gasteiger partial charge in [-0.2, -0.15) is 5.10 Å². The predicted molar refractivity (Wildman–Crippen MR) is 97.1 cm³/mol. The molecule has 0 aliphatic carbocycles. The number of carbonyl (C=O) groups excluding carboxylic acids is 2. The number of rotatable bonds is 3. The number of hydrogen-bond donors (Lipinski definition) is 2. The Labute approximate surface area is 152 Å². The van der Waals surface area contributed by atoms with Gasteiger partial charge in [0.1, 0.15) is 5.69 Å². The standard InChI is InChI=1S/C19H23N5O2/c20-18(25)17-10-16(22-24(17)15-4-2-1-3-5-15)19(26)23-8-6-13-11-21-12-14(13)7-9-23/h1-5,10,13-14,21H,6-9,11-12H2,(H2,20,25)/t13-,14+. The van der Waals surface area contributed by atoms with Crippen LogP contribution in [0.2, 0.25) is 0 Å². The van der Waals surface area contributed by atoms with Crippen molar-refractivity contribution in [2.24, 2.45) is 17.6 Å². The van der Waals surface area contributed by atoms with Crippen LogP contribution in [0.4, 0.5) is 0 Å². The maximum absolute atomic E-state index is 13.0. The van der Waals surface area contributed by atoms with Crippen molar-refractivity contribution in [1.29, 1.82) is 0 Å². The van der Waals surface area contributed by atoms with E-state index in [0.29, 0.717) is 17.5 Å². The molecule has 2 atom stereocenters. The monoisotopic (exact) mass is 353 g/mol. The van der Waals surface area contributed by atoms with Crippen molar-refractivity contribution in [2.45, 2.75) is 12.8 Å². The fourth-order valence-corrected chi connectivity index (χ4v) is 4.01. The highest BCUT2D eigenvalue weighted by atomic mass is 16.2. The summed E-state index contributed by atoms with van der Waals surface area (Å²) in [4.78, 5) is 26.7. The molecular weight excluding hydrogens is 330 g/mol. The number of para-hydroxylation sites is 1. The molecule has 3 heterocycles. The van der Waals surface area contributed by atoms with Crippen LogP contribution in [0.25, 0.3) is 5.69 Å². The Bertz CT molecular complexity index is 803. The molecule has 26 heavy (non-hydrogen) atoms. The second-order valence-electron chi connectivity index (χ2n) is 7.07. The molecule has 0 saturated carbocycles. The van der Waals surface area contributed by atoms with Gasteiger partial charge in [0.15, 0.2) is 5.69 Å². The number of amides is 2. The number of aromatic nitrogens is 2. The molecule has 0 spiro atoms. The lowest BCUT2D eigenvalue weighted by atomic mass is 9.92. The summed E-state index contributed by atoms with van der Waals surface area (Å²) in [6.07, 6.45) is 2.01. The second-order valence-corrected chi connectivity index (χ2v) is 7.07. The molecule has 7 nitrogen and oxygen atoms in total. The number of primary amides is 1. The number of nitrogens with zero attached hydrogens (tertiary/aromatic N) is 3. The summed E-state index contributed by atoms with van der Waals surface area (Å²) in [6, 6.07) is 10.7. The Balaban J connectivity index is 1.59. The fraction of sp³-hybridized carbons (Fsp3) is 0.421. The zero-order valence-electron chi connectivity index (χ0n) is 14.6. The zero-order valence-corrected chi connectivity index (χ0v) is 14.6. The normalized spacial score (nSPS) is 22.7. The highest BCUT2D eigenvalue weighted by molar-refractivity contribution is 5.97. The number of benzene rings is 1. The minimum absolute atomic E-state index is 0.130. The zero-order chi connectivity index (χ0) is 18.1. The summed E-state index contributed by atoms with van der Waals surface area (Å²) in [5, 5.41) is 7.83. The van der Waals surface area contributed by atoms with E-state index in [1.54, 1.807) is 0 Å². The van der Waals surface area contributed by atoms with Crippen LogP contribution in [-0.2, 0) is 0 Å². The van der Waals surface area contributed by atoms with E-state index in [4.69, 9.17) is 5.73 Å². The van der Waals surface area contributed by atoms with Gasteiger partial charge in [0.2, 0.25) is 0 Å². The van der Waals surface area contributed by atoms with Gasteiger partial charge in [-0.15, -0.1) is 0 Å². The molecule has 4 rings (SSSR count). The SMILES string of the molecule is NC(=O)c1cc(C(=O)N2CC[C@@H]3CNC[C@@H]3CC2)nn1-c1ccccc1. The molecule has 1 aromatic carbocycles. The molecule has 3 N–H and O–H groups in total. The van der Waals surface area contributed by atoms with Gasteiger partial charge in [-0.3, -0.25) is 9.59 Å². The number of nitrogens with one attached hydrogen (secondary N) is 1. The van der Waals surface area contributed by atoms with E-state index in [0.717, 1.165) is 39.0 Å². The third kappa shape index (κ3) is 3.10. The highest BCUT2D eigenvalue weighted by Crippen LogP contribution is 2.27. The first-order valence-corrected chi connectivity index (χ1v) is 9.09. The minimum atomic E-state index is -0.600. The van der Waals surface area contributed by atoms with E-state index in [-0.39, 0.29) is 17.3 Å². The van der Waals surface area contributed by atoms with E-state index in [2.05, 4.69) is 10.4 Å². The Morgan fingerprint density at radius 3 is 2.35 bits per heavy atom. The van der Waals surface area contributed by atoms with Gasteiger partial charge in [0.05, 0.1) is 5.69 Å². The van der Waals surface area contributed by atoms with Gasteiger partial charge >= 0.3 is 0 Å². The first-order chi connectivity index (χ1) is 12.6. The molecule has 2 aliphatic heterocycles. The predicted octanol–water partition coefficient (Wildman–Crippen LogP) is 1.04. The van der Waals surface area contributed by atoms with Crippen LogP contribution >= 0.6 is 0 Å². The van der Waals surface area contributed by atoms with Crippen molar-refractivity contribution >= 4 is 11.8 Å². The first kappa shape index (κ1) is 16.8. The lowest BCUT2D eigenvalue weighted by Crippen LogP contribution is -2.33. The van der Waals surface area contributed by atoms with Gasteiger partial charge < -0.3 is 16.0 Å². The van der Waals surface area contributed by atoms with Crippen LogP contribution in [0, 0.1) is 11.8 Å². The molecule has 0 bridgehead atoms. The van der Waals surface area contributed by atoms with Crippen molar-refractivity contribution in [3.8, 4) is 5.69 Å². The van der Waals surface area contributed by atoms with E-state index < -0.39 is 5.91 Å². The van der Waals surface area contributed by atoms with Crippen LogP contribution in [0.3, 0.4) is 0 Å². The third-order valence-corrected chi connectivity index (χ3v) is 5.49. The van der Waals surface area contributed by atoms with Crippen molar-refractivity contribution < 1.29 is 9.59 Å². The molecule has 1 aromatic heterocycles. The quantitative estimate of drug-likeness (QED) is 0.862. The summed E-state index contributed by atoms with van der Waals surface area (Å²) in [6.45, 7) is 3.54. The fourth-order valence-electron chi connectivity index (χ4n) is 4.01. The molecule has 0 radical (unpaired) electrons. The van der Waals surface area contributed by atoms with Crippen LogP contribution < -0.4 is 11.1 Å². The van der Waals surface area contributed by atoms with Gasteiger partial charge in [-0.25, -0.2) is 4.68 Å². The molecule has 2 amide bonds. The summed E-state index contributed by atoms with van der Waals surface area (Å²) in [5.74, 6) is 0.568. The van der Waals surface area contributed by atoms with Crippen molar-refractivity contribution in [3.05, 3.63) is 47.8 Å². The van der Waals surface area contributed by atoms with E-state index in [9.17, 15) is 9.59 Å². The molecule has 0 unspecified atom stereocenters.